The third-order valence-corrected chi connectivity index (χ3v) is 11.4. The molecule has 0 radical (unpaired) electrons. The van der Waals surface area contributed by atoms with Crippen LogP contribution in [0.4, 0.5) is 5.13 Å². The number of quaternary nitrogens is 1. The van der Waals surface area contributed by atoms with E-state index in [0.717, 1.165) is 37.5 Å². The minimum Gasteiger partial charge on any atom is -0.504 e. The van der Waals surface area contributed by atoms with Gasteiger partial charge in [-0.3, -0.25) is 24.1 Å². The molecule has 16 nitrogen and oxygen atoms in total. The van der Waals surface area contributed by atoms with Crippen molar-refractivity contribution in [1.82, 2.24) is 14.3 Å². The second kappa shape index (κ2) is 15.5. The van der Waals surface area contributed by atoms with Crippen molar-refractivity contribution in [1.29, 1.82) is 0 Å². The third-order valence-electron chi connectivity index (χ3n) is 9.09. The lowest BCUT2D eigenvalue weighted by molar-refractivity contribution is -0.912. The van der Waals surface area contributed by atoms with E-state index >= 15 is 0 Å². The molecule has 2 fully saturated rings. The van der Waals surface area contributed by atoms with Crippen LogP contribution in [0.2, 0.25) is 5.02 Å². The number of amides is 1. The molecule has 19 heteroatoms. The number of phenols is 2. The topological polar surface area (TPSA) is 232 Å². The second-order valence-corrected chi connectivity index (χ2v) is 15.3. The zero-order valence-electron chi connectivity index (χ0n) is 27.9. The summed E-state index contributed by atoms with van der Waals surface area (Å²) in [7, 11) is 0. The zero-order chi connectivity index (χ0) is 37.1. The van der Waals surface area contributed by atoms with Gasteiger partial charge in [0.2, 0.25) is 11.7 Å². The van der Waals surface area contributed by atoms with Gasteiger partial charge in [0.15, 0.2) is 33.9 Å². The number of nitrogen functional groups attached to an aromatic ring is 1. The van der Waals surface area contributed by atoms with Crippen molar-refractivity contribution < 1.29 is 53.3 Å². The van der Waals surface area contributed by atoms with Crippen LogP contribution in [-0.2, 0) is 28.8 Å². The number of halogens is 1. The van der Waals surface area contributed by atoms with Crippen molar-refractivity contribution in [3.05, 3.63) is 39.8 Å². The van der Waals surface area contributed by atoms with Gasteiger partial charge in [-0.25, -0.2) is 4.79 Å². The third kappa shape index (κ3) is 8.29. The van der Waals surface area contributed by atoms with Gasteiger partial charge in [0, 0.05) is 68.0 Å². The van der Waals surface area contributed by atoms with E-state index < -0.39 is 46.2 Å². The Hall–Kier alpha value is -4.26. The number of hydrogen-bond donors (Lipinski definition) is 4. The van der Waals surface area contributed by atoms with E-state index in [2.05, 4.69) is 14.5 Å². The minimum absolute atomic E-state index is 0.0623. The van der Waals surface area contributed by atoms with Crippen molar-refractivity contribution in [2.45, 2.75) is 63.5 Å². The van der Waals surface area contributed by atoms with Crippen LogP contribution in [0.1, 0.15) is 68.6 Å². The van der Waals surface area contributed by atoms with Gasteiger partial charge >= 0.3 is 5.97 Å². The smallest absolute Gasteiger partial charge is 0.352 e. The standard InChI is InChI=1S/C32H37ClN6O10S2/c1-32(2,48-16-40)49-36-24(27-35-31(34)51-37-27)22(43)13-19-28(45)38-25(30(46)47)17(15-50-29(19)38)14-39(11-5-6-12-39)10-4-3-7-20(41)18-8-9-21(42)26(44)23(18)33/h8-9,16,19,29H,3-7,10-15H2,1-2H3,(H4-,34,35,36,37,41,42,43,44,46,47)/p+1/t19-,29-/m1/s1. The molecule has 4 heterocycles. The molecule has 2 atom stereocenters. The number of anilines is 1. The number of aliphatic carboxylic acids is 1. The number of ketones is 2. The quantitative estimate of drug-likeness (QED) is 0.0208. The molecule has 274 valence electrons. The number of rotatable bonds is 17. The monoisotopic (exact) mass is 765 g/mol. The molecule has 5 rings (SSSR count). The predicted octanol–water partition coefficient (Wildman–Crippen LogP) is 3.31. The summed E-state index contributed by atoms with van der Waals surface area (Å²) in [6.07, 6.45) is 3.01. The Balaban J connectivity index is 1.26. The highest BCUT2D eigenvalue weighted by Gasteiger charge is 2.55. The highest BCUT2D eigenvalue weighted by Crippen LogP contribution is 2.46. The Kier molecular flexibility index (Phi) is 11.6. The summed E-state index contributed by atoms with van der Waals surface area (Å²) in [5, 5.41) is 33.0. The number of fused-ring (bicyclic) bond motifs is 1. The van der Waals surface area contributed by atoms with E-state index in [9.17, 15) is 39.3 Å². The molecule has 0 unspecified atom stereocenters. The number of oxime groups is 1. The molecule has 2 aromatic rings. The number of Topliss-reactive ketones (excluding diaryl/α,β-unsaturated/α-hetero) is 2. The summed E-state index contributed by atoms with van der Waals surface area (Å²) in [6, 6.07) is 2.60. The Morgan fingerprint density at radius 1 is 1.22 bits per heavy atom. The lowest BCUT2D eigenvalue weighted by Crippen LogP contribution is -2.62. The van der Waals surface area contributed by atoms with Crippen molar-refractivity contribution >= 4 is 75.7 Å². The molecule has 3 aliphatic heterocycles. The van der Waals surface area contributed by atoms with E-state index in [1.54, 1.807) is 0 Å². The van der Waals surface area contributed by atoms with Crippen LogP contribution in [0.25, 0.3) is 0 Å². The van der Waals surface area contributed by atoms with Crippen molar-refractivity contribution in [2.75, 3.05) is 37.7 Å². The lowest BCUT2D eigenvalue weighted by atomic mass is 9.89. The summed E-state index contributed by atoms with van der Waals surface area (Å²) in [5.74, 6) is -5.68. The molecular weight excluding hydrogens is 728 g/mol. The number of carbonyl (C=O) groups is 5. The summed E-state index contributed by atoms with van der Waals surface area (Å²) in [5.41, 5.74) is 6.10. The molecule has 0 aliphatic carbocycles. The molecular formula is C32H38ClN6O10S2+. The number of nitrogens with two attached hydrogens (primary N) is 1. The van der Waals surface area contributed by atoms with Crippen LogP contribution in [0.5, 0.6) is 11.5 Å². The number of hydrogen-bond acceptors (Lipinski definition) is 15. The number of ether oxygens (including phenoxy) is 1. The second-order valence-electron chi connectivity index (χ2n) is 13.1. The summed E-state index contributed by atoms with van der Waals surface area (Å²) in [6.45, 7) is 5.76. The first-order valence-corrected chi connectivity index (χ1v) is 18.4. The van der Waals surface area contributed by atoms with E-state index in [4.69, 9.17) is 26.9 Å². The molecule has 0 saturated carbocycles. The van der Waals surface area contributed by atoms with Gasteiger partial charge in [-0.15, -0.1) is 11.8 Å². The van der Waals surface area contributed by atoms with Gasteiger partial charge in [0.25, 0.3) is 12.3 Å². The number of phenolic OH excluding ortho intramolecular Hbond substituents is 2. The molecule has 3 aliphatic rings. The number of β-lactam (4-membered cyclic amide) rings is 1. The first-order chi connectivity index (χ1) is 24.2. The van der Waals surface area contributed by atoms with Crippen molar-refractivity contribution in [2.24, 2.45) is 11.1 Å². The summed E-state index contributed by atoms with van der Waals surface area (Å²) < 4.78 is 9.48. The van der Waals surface area contributed by atoms with Gasteiger partial charge in [0.1, 0.15) is 12.2 Å². The van der Waals surface area contributed by atoms with E-state index in [0.29, 0.717) is 41.7 Å². The first kappa shape index (κ1) is 38.0. The van der Waals surface area contributed by atoms with Crippen LogP contribution in [-0.4, -0.2) is 113 Å². The Morgan fingerprint density at radius 2 is 1.94 bits per heavy atom. The number of nitrogens with zero attached hydrogens (tertiary/aromatic N) is 5. The Bertz CT molecular complexity index is 1790. The lowest BCUT2D eigenvalue weighted by Gasteiger charge is -2.50. The molecule has 0 bridgehead atoms. The SMILES string of the molecule is CC(C)(OC=O)O/N=C(\C(=O)C[C@@H]1C(=O)N2C(C(=O)O)=C(C[N+]3(CCCCC(=O)c4ccc(O)c(O)c4Cl)CCCC3)CS[C@H]12)c1nsc(N)n1. The number of thioether (sulfide) groups is 1. The number of aromatic hydroxyl groups is 2. The van der Waals surface area contributed by atoms with Gasteiger partial charge in [-0.2, -0.15) is 9.36 Å². The normalized spacial score (nSPS) is 20.1. The number of carboxylic acids is 1. The highest BCUT2D eigenvalue weighted by atomic mass is 35.5. The maximum Gasteiger partial charge on any atom is 0.352 e. The predicted molar refractivity (Wildman–Crippen MR) is 186 cm³/mol. The number of likely N-dealkylation sites (tertiary alicyclic amines) is 1. The molecule has 1 aromatic carbocycles. The number of carbonyl (C=O) groups excluding carboxylic acids is 4. The van der Waals surface area contributed by atoms with Gasteiger partial charge in [-0.1, -0.05) is 16.8 Å². The fourth-order valence-electron chi connectivity index (χ4n) is 6.59. The van der Waals surface area contributed by atoms with Crippen molar-refractivity contribution in [3.8, 4) is 11.5 Å². The molecule has 1 aromatic heterocycles. The molecule has 51 heavy (non-hydrogen) atoms. The van der Waals surface area contributed by atoms with E-state index in [-0.39, 0.29) is 58.0 Å². The zero-order valence-corrected chi connectivity index (χ0v) is 30.3. The Morgan fingerprint density at radius 3 is 2.59 bits per heavy atom. The molecule has 5 N–H and O–H groups in total. The van der Waals surface area contributed by atoms with Gasteiger partial charge in [-0.05, 0) is 25.0 Å². The minimum atomic E-state index is -1.52. The van der Waals surface area contributed by atoms with Gasteiger partial charge in [0.05, 0.1) is 35.9 Å². The molecule has 2 saturated heterocycles. The van der Waals surface area contributed by atoms with Crippen LogP contribution in [0.15, 0.2) is 28.6 Å². The van der Waals surface area contributed by atoms with E-state index in [1.807, 2.05) is 0 Å². The largest absolute Gasteiger partial charge is 0.504 e. The number of unbranched alkanes of at least 4 members (excludes halogenated alkanes) is 1. The Labute approximate surface area is 306 Å². The summed E-state index contributed by atoms with van der Waals surface area (Å²) >= 11 is 8.28. The fraction of sp³-hybridized carbons (Fsp3) is 0.500. The van der Waals surface area contributed by atoms with Gasteiger partial charge < -0.3 is 35.1 Å². The highest BCUT2D eigenvalue weighted by molar-refractivity contribution is 8.00. The van der Waals surface area contributed by atoms with Crippen LogP contribution >= 0.6 is 34.9 Å². The number of benzene rings is 1. The van der Waals surface area contributed by atoms with Crippen LogP contribution in [0, 0.1) is 5.92 Å². The first-order valence-electron chi connectivity index (χ1n) is 16.2. The number of carboxylic acid groups (broad SMARTS) is 1. The van der Waals surface area contributed by atoms with Crippen LogP contribution in [0.3, 0.4) is 0 Å². The average molecular weight is 766 g/mol. The number of aromatic nitrogens is 2. The maximum absolute atomic E-state index is 13.5. The van der Waals surface area contributed by atoms with Crippen LogP contribution < -0.4 is 5.73 Å². The molecule has 1 amide bonds. The summed E-state index contributed by atoms with van der Waals surface area (Å²) in [4.78, 5) is 73.8. The molecule has 0 spiro atoms. The maximum atomic E-state index is 13.5. The average Bonchev–Trinajstić information content (AvgIpc) is 3.73. The van der Waals surface area contributed by atoms with Crippen molar-refractivity contribution in [3.63, 3.8) is 0 Å². The van der Waals surface area contributed by atoms with E-state index in [1.165, 1.54) is 42.6 Å². The fourth-order valence-corrected chi connectivity index (χ4v) is 8.69.